The van der Waals surface area contributed by atoms with Gasteiger partial charge in [-0.25, -0.2) is 0 Å². The molecule has 2 N–H and O–H groups in total. The van der Waals surface area contributed by atoms with Crippen LogP contribution in [0.1, 0.15) is 23.6 Å². The Kier molecular flexibility index (Phi) is 5.23. The molecular formula is C18H24N2O. The molecule has 0 aromatic heterocycles. The van der Waals surface area contributed by atoms with Crippen molar-refractivity contribution >= 4 is 5.69 Å². The van der Waals surface area contributed by atoms with Crippen LogP contribution in [-0.4, -0.2) is 13.7 Å². The minimum Gasteiger partial charge on any atom is -0.496 e. The Balaban J connectivity index is 2.22. The first-order chi connectivity index (χ1) is 10.2. The van der Waals surface area contributed by atoms with E-state index in [4.69, 9.17) is 10.5 Å². The van der Waals surface area contributed by atoms with E-state index in [9.17, 15) is 0 Å². The summed E-state index contributed by atoms with van der Waals surface area (Å²) in [5.74, 6) is 0.861. The standard InChI is InChI=1S/C18H24N2O/c1-4-20(17-7-5-6-14(2)10-17)13-15-8-9-18(21-3)16(11-15)12-19/h5-11H,4,12-13,19H2,1-3H3. The zero-order valence-electron chi connectivity index (χ0n) is 13.1. The zero-order chi connectivity index (χ0) is 15.2. The average molecular weight is 284 g/mol. The number of anilines is 1. The van der Waals surface area contributed by atoms with Gasteiger partial charge in [0.05, 0.1) is 7.11 Å². The van der Waals surface area contributed by atoms with Crippen molar-refractivity contribution in [1.82, 2.24) is 0 Å². The fraction of sp³-hybridized carbons (Fsp3) is 0.333. The van der Waals surface area contributed by atoms with Crippen molar-refractivity contribution in [3.63, 3.8) is 0 Å². The fourth-order valence-corrected chi connectivity index (χ4v) is 2.52. The minimum atomic E-state index is 0.494. The summed E-state index contributed by atoms with van der Waals surface area (Å²) in [5.41, 5.74) is 10.6. The molecular weight excluding hydrogens is 260 g/mol. The highest BCUT2D eigenvalue weighted by atomic mass is 16.5. The molecule has 3 nitrogen and oxygen atoms in total. The van der Waals surface area contributed by atoms with Gasteiger partial charge < -0.3 is 15.4 Å². The number of aryl methyl sites for hydroxylation is 1. The van der Waals surface area contributed by atoms with E-state index in [2.05, 4.69) is 55.1 Å². The lowest BCUT2D eigenvalue weighted by atomic mass is 10.1. The van der Waals surface area contributed by atoms with E-state index >= 15 is 0 Å². The van der Waals surface area contributed by atoms with E-state index in [1.807, 2.05) is 6.07 Å². The smallest absolute Gasteiger partial charge is 0.123 e. The van der Waals surface area contributed by atoms with Crippen molar-refractivity contribution in [3.8, 4) is 5.75 Å². The van der Waals surface area contributed by atoms with Crippen molar-refractivity contribution in [2.75, 3.05) is 18.6 Å². The van der Waals surface area contributed by atoms with Crippen LogP contribution in [0.15, 0.2) is 42.5 Å². The molecule has 0 fully saturated rings. The number of benzene rings is 2. The van der Waals surface area contributed by atoms with E-state index in [1.165, 1.54) is 16.8 Å². The molecule has 0 heterocycles. The van der Waals surface area contributed by atoms with Crippen LogP contribution >= 0.6 is 0 Å². The molecule has 0 spiro atoms. The van der Waals surface area contributed by atoms with Crippen molar-refractivity contribution in [2.24, 2.45) is 5.73 Å². The Hall–Kier alpha value is -2.00. The predicted molar refractivity (Wildman–Crippen MR) is 88.8 cm³/mol. The molecule has 0 amide bonds. The Labute approximate surface area is 127 Å². The Morgan fingerprint density at radius 3 is 2.57 bits per heavy atom. The van der Waals surface area contributed by atoms with E-state index in [0.717, 1.165) is 24.4 Å². The van der Waals surface area contributed by atoms with Crippen LogP contribution in [-0.2, 0) is 13.1 Å². The monoisotopic (exact) mass is 284 g/mol. The van der Waals surface area contributed by atoms with Crippen molar-refractivity contribution in [1.29, 1.82) is 0 Å². The number of hydrogen-bond donors (Lipinski definition) is 1. The summed E-state index contributed by atoms with van der Waals surface area (Å²) >= 11 is 0. The van der Waals surface area contributed by atoms with Gasteiger partial charge >= 0.3 is 0 Å². The predicted octanol–water partition coefficient (Wildman–Crippen LogP) is 3.49. The molecule has 0 saturated heterocycles. The number of methoxy groups -OCH3 is 1. The summed E-state index contributed by atoms with van der Waals surface area (Å²) in [6.45, 7) is 6.63. The molecule has 0 atom stereocenters. The second kappa shape index (κ2) is 7.14. The average Bonchev–Trinajstić information content (AvgIpc) is 2.52. The summed E-state index contributed by atoms with van der Waals surface area (Å²) in [4.78, 5) is 2.36. The van der Waals surface area contributed by atoms with Crippen molar-refractivity contribution in [3.05, 3.63) is 59.2 Å². The lowest BCUT2D eigenvalue weighted by Gasteiger charge is -2.24. The number of nitrogens with two attached hydrogens (primary N) is 1. The molecule has 3 heteroatoms. The Bertz CT molecular complexity index is 596. The molecule has 0 radical (unpaired) electrons. The first-order valence-corrected chi connectivity index (χ1v) is 7.35. The highest BCUT2D eigenvalue weighted by molar-refractivity contribution is 5.49. The van der Waals surface area contributed by atoms with Crippen LogP contribution in [0.4, 0.5) is 5.69 Å². The van der Waals surface area contributed by atoms with Gasteiger partial charge in [0.25, 0.3) is 0 Å². The molecule has 21 heavy (non-hydrogen) atoms. The van der Waals surface area contributed by atoms with Gasteiger partial charge in [0.2, 0.25) is 0 Å². The lowest BCUT2D eigenvalue weighted by molar-refractivity contribution is 0.409. The number of ether oxygens (including phenoxy) is 1. The lowest BCUT2D eigenvalue weighted by Crippen LogP contribution is -2.22. The summed E-state index contributed by atoms with van der Waals surface area (Å²) in [6, 6.07) is 14.8. The van der Waals surface area contributed by atoms with Gasteiger partial charge in [-0.3, -0.25) is 0 Å². The number of rotatable bonds is 6. The van der Waals surface area contributed by atoms with Crippen LogP contribution in [0.5, 0.6) is 5.75 Å². The normalized spacial score (nSPS) is 10.5. The van der Waals surface area contributed by atoms with Crippen LogP contribution in [0, 0.1) is 6.92 Å². The third-order valence-electron chi connectivity index (χ3n) is 3.69. The first kappa shape index (κ1) is 15.4. The summed E-state index contributed by atoms with van der Waals surface area (Å²) in [5, 5.41) is 0. The zero-order valence-corrected chi connectivity index (χ0v) is 13.1. The SMILES string of the molecule is CCN(Cc1ccc(OC)c(CN)c1)c1cccc(C)c1. The Morgan fingerprint density at radius 2 is 1.95 bits per heavy atom. The molecule has 0 unspecified atom stereocenters. The third kappa shape index (κ3) is 3.76. The van der Waals surface area contributed by atoms with Gasteiger partial charge in [-0.15, -0.1) is 0 Å². The van der Waals surface area contributed by atoms with E-state index in [-0.39, 0.29) is 0 Å². The fourth-order valence-electron chi connectivity index (χ4n) is 2.52. The number of nitrogens with zero attached hydrogens (tertiary/aromatic N) is 1. The van der Waals surface area contributed by atoms with Gasteiger partial charge in [-0.05, 0) is 49.2 Å². The molecule has 2 aromatic carbocycles. The van der Waals surface area contributed by atoms with Crippen LogP contribution < -0.4 is 15.4 Å². The quantitative estimate of drug-likeness (QED) is 0.882. The van der Waals surface area contributed by atoms with Crippen molar-refractivity contribution < 1.29 is 4.74 Å². The maximum atomic E-state index is 5.80. The highest BCUT2D eigenvalue weighted by Gasteiger charge is 2.08. The molecule has 0 aliphatic carbocycles. The van der Waals surface area contributed by atoms with Crippen LogP contribution in [0.25, 0.3) is 0 Å². The maximum absolute atomic E-state index is 5.80. The van der Waals surface area contributed by atoms with Gasteiger partial charge in [-0.2, -0.15) is 0 Å². The molecule has 2 rings (SSSR count). The summed E-state index contributed by atoms with van der Waals surface area (Å²) in [7, 11) is 1.68. The Morgan fingerprint density at radius 1 is 1.14 bits per heavy atom. The van der Waals surface area contributed by atoms with Crippen LogP contribution in [0.2, 0.25) is 0 Å². The first-order valence-electron chi connectivity index (χ1n) is 7.35. The molecule has 0 aliphatic heterocycles. The second-order valence-electron chi connectivity index (χ2n) is 5.20. The molecule has 0 aliphatic rings. The van der Waals surface area contributed by atoms with E-state index < -0.39 is 0 Å². The maximum Gasteiger partial charge on any atom is 0.123 e. The minimum absolute atomic E-state index is 0.494. The van der Waals surface area contributed by atoms with Gasteiger partial charge in [0.1, 0.15) is 5.75 Å². The van der Waals surface area contributed by atoms with Crippen LogP contribution in [0.3, 0.4) is 0 Å². The summed E-state index contributed by atoms with van der Waals surface area (Å²) in [6.07, 6.45) is 0. The molecule has 0 saturated carbocycles. The highest BCUT2D eigenvalue weighted by Crippen LogP contribution is 2.23. The largest absolute Gasteiger partial charge is 0.496 e. The third-order valence-corrected chi connectivity index (χ3v) is 3.69. The molecule has 0 bridgehead atoms. The van der Waals surface area contributed by atoms with E-state index in [1.54, 1.807) is 7.11 Å². The van der Waals surface area contributed by atoms with E-state index in [0.29, 0.717) is 6.54 Å². The topological polar surface area (TPSA) is 38.5 Å². The number of hydrogen-bond acceptors (Lipinski definition) is 3. The second-order valence-corrected chi connectivity index (χ2v) is 5.20. The van der Waals surface area contributed by atoms with Crippen molar-refractivity contribution in [2.45, 2.75) is 26.9 Å². The molecule has 2 aromatic rings. The molecule has 112 valence electrons. The summed E-state index contributed by atoms with van der Waals surface area (Å²) < 4.78 is 5.33. The van der Waals surface area contributed by atoms with Gasteiger partial charge in [0, 0.05) is 30.9 Å². The van der Waals surface area contributed by atoms with Gasteiger partial charge in [-0.1, -0.05) is 18.2 Å². The van der Waals surface area contributed by atoms with Gasteiger partial charge in [0.15, 0.2) is 0 Å².